The molecular weight excluding hydrogens is 282 g/mol. The Labute approximate surface area is 128 Å². The summed E-state index contributed by atoms with van der Waals surface area (Å²) in [7, 11) is -3.47. The molecule has 0 aliphatic rings. The Morgan fingerprint density at radius 1 is 1.00 bits per heavy atom. The van der Waals surface area contributed by atoms with Crippen LogP contribution in [0.3, 0.4) is 0 Å². The van der Waals surface area contributed by atoms with Gasteiger partial charge in [0.05, 0.1) is 4.90 Å². The summed E-state index contributed by atoms with van der Waals surface area (Å²) in [6.45, 7) is 11.8. The highest BCUT2D eigenvalue weighted by molar-refractivity contribution is 7.89. The third-order valence-corrected chi connectivity index (χ3v) is 5.03. The van der Waals surface area contributed by atoms with Gasteiger partial charge in [0.25, 0.3) is 0 Å². The minimum atomic E-state index is -3.47. The maximum atomic E-state index is 12.6. The lowest BCUT2D eigenvalue weighted by Crippen LogP contribution is -2.32. The molecule has 1 aromatic carbocycles. The highest BCUT2D eigenvalue weighted by Crippen LogP contribution is 2.18. The first-order valence-electron chi connectivity index (χ1n) is 7.00. The Morgan fingerprint density at radius 3 is 2.19 bits per heavy atom. The molecule has 0 heterocycles. The summed E-state index contributed by atoms with van der Waals surface area (Å²) in [6.07, 6.45) is 7.79. The molecule has 0 radical (unpaired) electrons. The van der Waals surface area contributed by atoms with Crippen LogP contribution in [0, 0.1) is 0 Å². The second kappa shape index (κ2) is 8.60. The van der Waals surface area contributed by atoms with Crippen molar-refractivity contribution in [3.05, 3.63) is 61.7 Å². The van der Waals surface area contributed by atoms with Crippen LogP contribution < -0.4 is 0 Å². The van der Waals surface area contributed by atoms with Gasteiger partial charge in [-0.15, -0.1) is 13.2 Å². The van der Waals surface area contributed by atoms with E-state index in [4.69, 9.17) is 0 Å². The Bertz CT molecular complexity index is 573. The zero-order valence-corrected chi connectivity index (χ0v) is 13.2. The van der Waals surface area contributed by atoms with Gasteiger partial charge in [0.2, 0.25) is 10.0 Å². The molecule has 1 rings (SSSR count). The van der Waals surface area contributed by atoms with Crippen molar-refractivity contribution in [3.63, 3.8) is 0 Å². The third kappa shape index (κ3) is 4.99. The van der Waals surface area contributed by atoms with Crippen molar-refractivity contribution < 1.29 is 8.42 Å². The van der Waals surface area contributed by atoms with Crippen LogP contribution in [-0.2, 0) is 10.0 Å². The maximum Gasteiger partial charge on any atom is 0.243 e. The van der Waals surface area contributed by atoms with Gasteiger partial charge < -0.3 is 0 Å². The summed E-state index contributed by atoms with van der Waals surface area (Å²) in [5.74, 6) is 0. The summed E-state index contributed by atoms with van der Waals surface area (Å²) < 4.78 is 26.7. The van der Waals surface area contributed by atoms with E-state index in [0.29, 0.717) is 18.0 Å². The minimum Gasteiger partial charge on any atom is -0.207 e. The Hall–Kier alpha value is -1.65. The molecule has 4 heteroatoms. The second-order valence-corrected chi connectivity index (χ2v) is 6.65. The fourth-order valence-electron chi connectivity index (χ4n) is 1.96. The van der Waals surface area contributed by atoms with Gasteiger partial charge in [0.15, 0.2) is 0 Å². The number of hydrogen-bond acceptors (Lipinski definition) is 2. The van der Waals surface area contributed by atoms with Gasteiger partial charge in [-0.3, -0.25) is 0 Å². The summed E-state index contributed by atoms with van der Waals surface area (Å²) in [5.41, 5.74) is 0.898. The standard InChI is InChI=1S/C17H23NO2S/c1-4-7-8-9-15-18(14-5-2)21(19,20)17-12-10-16(6-3)11-13-17/h4-6,10-13H,1-3,7-9,14-15H2. The van der Waals surface area contributed by atoms with E-state index in [1.54, 1.807) is 36.4 Å². The number of unbranched alkanes of at least 4 members (excludes halogenated alkanes) is 2. The highest BCUT2D eigenvalue weighted by Gasteiger charge is 2.22. The Balaban J connectivity index is 2.89. The summed E-state index contributed by atoms with van der Waals surface area (Å²) in [5, 5.41) is 0. The molecule has 0 aliphatic heterocycles. The molecule has 1 aromatic rings. The Morgan fingerprint density at radius 2 is 1.67 bits per heavy atom. The van der Waals surface area contributed by atoms with Crippen LogP contribution in [0.25, 0.3) is 6.08 Å². The lowest BCUT2D eigenvalue weighted by Gasteiger charge is -2.20. The van der Waals surface area contributed by atoms with E-state index < -0.39 is 10.0 Å². The van der Waals surface area contributed by atoms with E-state index >= 15 is 0 Å². The second-order valence-electron chi connectivity index (χ2n) is 4.71. The van der Waals surface area contributed by atoms with Crippen molar-refractivity contribution in [1.82, 2.24) is 4.31 Å². The van der Waals surface area contributed by atoms with Crippen LogP contribution in [0.2, 0.25) is 0 Å². The molecule has 0 aliphatic carbocycles. The van der Waals surface area contributed by atoms with E-state index in [1.807, 2.05) is 6.08 Å². The normalized spacial score (nSPS) is 11.3. The highest BCUT2D eigenvalue weighted by atomic mass is 32.2. The lowest BCUT2D eigenvalue weighted by atomic mass is 10.2. The fourth-order valence-corrected chi connectivity index (χ4v) is 3.40. The Kier molecular flexibility index (Phi) is 7.12. The predicted octanol–water partition coefficient (Wildman–Crippen LogP) is 3.86. The van der Waals surface area contributed by atoms with E-state index in [-0.39, 0.29) is 0 Å². The average Bonchev–Trinajstić information content (AvgIpc) is 2.50. The van der Waals surface area contributed by atoms with Crippen LogP contribution >= 0.6 is 0 Å². The zero-order valence-electron chi connectivity index (χ0n) is 12.4. The van der Waals surface area contributed by atoms with Gasteiger partial charge in [0, 0.05) is 13.1 Å². The van der Waals surface area contributed by atoms with Gasteiger partial charge in [-0.05, 0) is 37.0 Å². The molecule has 114 valence electrons. The molecule has 0 fully saturated rings. The van der Waals surface area contributed by atoms with Gasteiger partial charge >= 0.3 is 0 Å². The summed E-state index contributed by atoms with van der Waals surface area (Å²) in [4.78, 5) is 0.304. The zero-order chi connectivity index (χ0) is 15.7. The van der Waals surface area contributed by atoms with E-state index in [1.165, 1.54) is 4.31 Å². The van der Waals surface area contributed by atoms with Crippen LogP contribution in [0.1, 0.15) is 24.8 Å². The van der Waals surface area contributed by atoms with Gasteiger partial charge in [-0.1, -0.05) is 36.9 Å². The molecule has 3 nitrogen and oxygen atoms in total. The summed E-state index contributed by atoms with van der Waals surface area (Å²) >= 11 is 0. The van der Waals surface area contributed by atoms with Gasteiger partial charge in [0.1, 0.15) is 0 Å². The van der Waals surface area contributed by atoms with E-state index in [0.717, 1.165) is 24.8 Å². The van der Waals surface area contributed by atoms with Crippen LogP contribution in [-0.4, -0.2) is 25.8 Å². The first kappa shape index (κ1) is 17.4. The largest absolute Gasteiger partial charge is 0.243 e. The molecule has 0 aromatic heterocycles. The summed E-state index contributed by atoms with van der Waals surface area (Å²) in [6, 6.07) is 6.74. The first-order valence-corrected chi connectivity index (χ1v) is 8.44. The number of sulfonamides is 1. The van der Waals surface area contributed by atoms with E-state index in [2.05, 4.69) is 19.7 Å². The molecule has 0 amide bonds. The first-order chi connectivity index (χ1) is 10.1. The average molecular weight is 305 g/mol. The number of benzene rings is 1. The molecule has 21 heavy (non-hydrogen) atoms. The number of nitrogens with zero attached hydrogens (tertiary/aromatic N) is 1. The number of allylic oxidation sites excluding steroid dienone is 1. The number of rotatable bonds is 10. The van der Waals surface area contributed by atoms with Crippen molar-refractivity contribution in [1.29, 1.82) is 0 Å². The van der Waals surface area contributed by atoms with Crippen molar-refractivity contribution in [3.8, 4) is 0 Å². The van der Waals surface area contributed by atoms with Gasteiger partial charge in [-0.2, -0.15) is 4.31 Å². The lowest BCUT2D eigenvalue weighted by molar-refractivity contribution is 0.430. The SMILES string of the molecule is C=CCCCCN(CC=C)S(=O)(=O)c1ccc(C=C)cc1. The fraction of sp³-hybridized carbons (Fsp3) is 0.294. The van der Waals surface area contributed by atoms with Gasteiger partial charge in [-0.25, -0.2) is 8.42 Å². The van der Waals surface area contributed by atoms with Crippen LogP contribution in [0.5, 0.6) is 0 Å². The molecule has 0 saturated carbocycles. The van der Waals surface area contributed by atoms with Crippen LogP contribution in [0.4, 0.5) is 0 Å². The molecule has 0 spiro atoms. The molecule has 0 saturated heterocycles. The molecule has 0 bridgehead atoms. The van der Waals surface area contributed by atoms with Crippen molar-refractivity contribution in [2.75, 3.05) is 13.1 Å². The minimum absolute atomic E-state index is 0.304. The predicted molar refractivity (Wildman–Crippen MR) is 89.5 cm³/mol. The molecule has 0 atom stereocenters. The monoisotopic (exact) mass is 305 g/mol. The maximum absolute atomic E-state index is 12.6. The number of hydrogen-bond donors (Lipinski definition) is 0. The quantitative estimate of drug-likeness (QED) is 0.486. The van der Waals surface area contributed by atoms with Crippen molar-refractivity contribution in [2.45, 2.75) is 24.2 Å². The molecule has 0 N–H and O–H groups in total. The van der Waals surface area contributed by atoms with Crippen molar-refractivity contribution in [2.24, 2.45) is 0 Å². The van der Waals surface area contributed by atoms with Crippen LogP contribution in [0.15, 0.2) is 61.0 Å². The van der Waals surface area contributed by atoms with Crippen molar-refractivity contribution >= 4 is 16.1 Å². The molecular formula is C17H23NO2S. The third-order valence-electron chi connectivity index (χ3n) is 3.15. The van der Waals surface area contributed by atoms with E-state index in [9.17, 15) is 8.42 Å². The smallest absolute Gasteiger partial charge is 0.207 e. The molecule has 0 unspecified atom stereocenters. The topological polar surface area (TPSA) is 37.4 Å².